The molecule has 4 amide bonds. The summed E-state index contributed by atoms with van der Waals surface area (Å²) in [7, 11) is 3.88. The molecule has 1 aliphatic heterocycles. The Hall–Kier alpha value is -3.59. The first-order valence-corrected chi connectivity index (χ1v) is 15.2. The summed E-state index contributed by atoms with van der Waals surface area (Å²) >= 11 is 0. The van der Waals surface area contributed by atoms with E-state index in [2.05, 4.69) is 16.0 Å². The molecule has 1 heterocycles. The minimum Gasteiger partial charge on any atom is -0.489 e. The van der Waals surface area contributed by atoms with Crippen LogP contribution in [0.15, 0.2) is 54.6 Å². The van der Waals surface area contributed by atoms with Gasteiger partial charge < -0.3 is 30.5 Å². The van der Waals surface area contributed by atoms with E-state index in [1.54, 1.807) is 4.90 Å². The third kappa shape index (κ3) is 11.7. The maximum absolute atomic E-state index is 13.6. The average molecular weight is 580 g/mol. The Morgan fingerprint density at radius 1 is 0.833 bits per heavy atom. The van der Waals surface area contributed by atoms with Gasteiger partial charge in [0.15, 0.2) is 0 Å². The smallest absolute Gasteiger partial charge is 0.318 e. The highest BCUT2D eigenvalue weighted by Gasteiger charge is 2.29. The summed E-state index contributed by atoms with van der Waals surface area (Å²) in [6, 6.07) is 15.8. The van der Waals surface area contributed by atoms with E-state index < -0.39 is 12.1 Å². The van der Waals surface area contributed by atoms with Crippen LogP contribution >= 0.6 is 0 Å². The van der Waals surface area contributed by atoms with Crippen LogP contribution in [-0.2, 0) is 22.6 Å². The Labute approximate surface area is 251 Å². The molecule has 1 saturated heterocycles. The van der Waals surface area contributed by atoms with Crippen molar-refractivity contribution >= 4 is 17.8 Å². The van der Waals surface area contributed by atoms with Gasteiger partial charge in [-0.2, -0.15) is 0 Å². The lowest BCUT2D eigenvalue weighted by atomic mass is 10.0. The lowest BCUT2D eigenvalue weighted by Crippen LogP contribution is -2.56. The number of ether oxygens (including phenoxy) is 1. The van der Waals surface area contributed by atoms with Crippen molar-refractivity contribution in [3.05, 3.63) is 65.7 Å². The van der Waals surface area contributed by atoms with E-state index in [1.807, 2.05) is 87.4 Å². The third-order valence-electron chi connectivity index (χ3n) is 7.32. The number of carbonyl (C=O) groups is 3. The molecule has 42 heavy (non-hydrogen) atoms. The number of likely N-dealkylation sites (N-methyl/N-ethyl adjacent to an activating group) is 1. The first-order chi connectivity index (χ1) is 20.2. The largest absolute Gasteiger partial charge is 0.489 e. The van der Waals surface area contributed by atoms with Gasteiger partial charge in [0.25, 0.3) is 0 Å². The molecule has 0 saturated carbocycles. The quantitative estimate of drug-likeness (QED) is 0.314. The standard InChI is InChI=1S/C33H49N5O4/c1-25(2)22-29(36-33(41)38-19-10-5-6-11-20-38)32(40)35-30(31(39)34-18-21-37(3)4)23-26-14-16-28(17-15-26)42-24-27-12-8-7-9-13-27/h7-9,12-17,25,29-30H,5-6,10-11,18-24H2,1-4H3,(H,34,39)(H,35,40)(H,36,41)/t29-,30-/m0/s1. The number of nitrogens with zero attached hydrogens (tertiary/aromatic N) is 2. The van der Waals surface area contributed by atoms with E-state index in [-0.39, 0.29) is 23.8 Å². The molecule has 9 heteroatoms. The summed E-state index contributed by atoms with van der Waals surface area (Å²) in [5.41, 5.74) is 1.97. The molecule has 2 aromatic rings. The second-order valence-electron chi connectivity index (χ2n) is 11.8. The monoisotopic (exact) mass is 579 g/mol. The van der Waals surface area contributed by atoms with Crippen LogP contribution in [0.2, 0.25) is 0 Å². The van der Waals surface area contributed by atoms with Gasteiger partial charge in [-0.05, 0) is 62.5 Å². The first kappa shape index (κ1) is 32.9. The molecule has 0 radical (unpaired) electrons. The number of amides is 4. The Kier molecular flexibility index (Phi) is 13.6. The second-order valence-corrected chi connectivity index (χ2v) is 11.8. The van der Waals surface area contributed by atoms with Crippen molar-refractivity contribution in [1.29, 1.82) is 0 Å². The molecule has 9 nitrogen and oxygen atoms in total. The number of benzene rings is 2. The molecule has 1 fully saturated rings. The van der Waals surface area contributed by atoms with Crippen LogP contribution in [0, 0.1) is 5.92 Å². The molecule has 0 unspecified atom stereocenters. The molecule has 3 N–H and O–H groups in total. The van der Waals surface area contributed by atoms with Gasteiger partial charge in [-0.25, -0.2) is 4.79 Å². The Morgan fingerprint density at radius 2 is 1.50 bits per heavy atom. The van der Waals surface area contributed by atoms with Gasteiger partial charge >= 0.3 is 6.03 Å². The summed E-state index contributed by atoms with van der Waals surface area (Å²) in [6.07, 6.45) is 4.97. The summed E-state index contributed by atoms with van der Waals surface area (Å²) < 4.78 is 5.90. The molecule has 3 rings (SSSR count). The van der Waals surface area contributed by atoms with E-state index in [1.165, 1.54) is 0 Å². The highest BCUT2D eigenvalue weighted by molar-refractivity contribution is 5.92. The third-order valence-corrected chi connectivity index (χ3v) is 7.32. The van der Waals surface area contributed by atoms with E-state index in [0.717, 1.165) is 42.6 Å². The molecule has 0 spiro atoms. The van der Waals surface area contributed by atoms with Crippen LogP contribution in [-0.4, -0.2) is 80.0 Å². The van der Waals surface area contributed by atoms with Crippen LogP contribution in [0.25, 0.3) is 0 Å². The van der Waals surface area contributed by atoms with Gasteiger partial charge in [0.05, 0.1) is 0 Å². The molecular weight excluding hydrogens is 530 g/mol. The average Bonchev–Trinajstić information content (AvgIpc) is 3.26. The van der Waals surface area contributed by atoms with E-state index in [9.17, 15) is 14.4 Å². The van der Waals surface area contributed by atoms with Crippen molar-refractivity contribution in [1.82, 2.24) is 25.8 Å². The number of urea groups is 1. The minimum atomic E-state index is -0.791. The van der Waals surface area contributed by atoms with Crippen LogP contribution in [0.1, 0.15) is 57.1 Å². The van der Waals surface area contributed by atoms with Crippen molar-refractivity contribution < 1.29 is 19.1 Å². The zero-order valence-electron chi connectivity index (χ0n) is 25.7. The molecule has 0 aromatic heterocycles. The summed E-state index contributed by atoms with van der Waals surface area (Å²) in [6.45, 7) is 7.05. The van der Waals surface area contributed by atoms with Crippen LogP contribution in [0.3, 0.4) is 0 Å². The maximum atomic E-state index is 13.6. The Bertz CT molecular complexity index is 1100. The fourth-order valence-electron chi connectivity index (χ4n) is 4.92. The summed E-state index contributed by atoms with van der Waals surface area (Å²) in [4.78, 5) is 43.7. The van der Waals surface area contributed by atoms with E-state index in [4.69, 9.17) is 4.74 Å². The molecule has 2 atom stereocenters. The first-order valence-electron chi connectivity index (χ1n) is 15.2. The highest BCUT2D eigenvalue weighted by atomic mass is 16.5. The zero-order valence-corrected chi connectivity index (χ0v) is 25.7. The predicted molar refractivity (Wildman–Crippen MR) is 166 cm³/mol. The van der Waals surface area contributed by atoms with Crippen LogP contribution in [0.4, 0.5) is 4.79 Å². The lowest BCUT2D eigenvalue weighted by molar-refractivity contribution is -0.130. The Balaban J connectivity index is 1.68. The molecule has 0 bridgehead atoms. The number of rotatable bonds is 14. The summed E-state index contributed by atoms with van der Waals surface area (Å²) in [5, 5.41) is 8.88. The number of hydrogen-bond acceptors (Lipinski definition) is 5. The van der Waals surface area contributed by atoms with Crippen LogP contribution < -0.4 is 20.7 Å². The van der Waals surface area contributed by atoms with Crippen molar-refractivity contribution in [2.45, 2.75) is 71.1 Å². The van der Waals surface area contributed by atoms with Gasteiger partial charge in [0.1, 0.15) is 24.4 Å². The zero-order chi connectivity index (χ0) is 30.3. The summed E-state index contributed by atoms with van der Waals surface area (Å²) in [5.74, 6) is 0.312. The number of likely N-dealkylation sites (tertiary alicyclic amines) is 1. The van der Waals surface area contributed by atoms with Crippen LogP contribution in [0.5, 0.6) is 5.75 Å². The SMILES string of the molecule is CC(C)C[C@H](NC(=O)N1CCCCCC1)C(=O)N[C@@H](Cc1ccc(OCc2ccccc2)cc1)C(=O)NCCN(C)C. The number of hydrogen-bond donors (Lipinski definition) is 3. The van der Waals surface area contributed by atoms with Gasteiger partial charge in [-0.3, -0.25) is 9.59 Å². The van der Waals surface area contributed by atoms with Crippen molar-refractivity contribution in [3.63, 3.8) is 0 Å². The molecule has 230 valence electrons. The van der Waals surface area contributed by atoms with E-state index in [0.29, 0.717) is 45.6 Å². The fourth-order valence-corrected chi connectivity index (χ4v) is 4.92. The van der Waals surface area contributed by atoms with Crippen molar-refractivity contribution in [2.24, 2.45) is 5.92 Å². The van der Waals surface area contributed by atoms with E-state index >= 15 is 0 Å². The molecule has 1 aliphatic rings. The van der Waals surface area contributed by atoms with Gasteiger partial charge in [-0.1, -0.05) is 69.2 Å². The van der Waals surface area contributed by atoms with Gasteiger partial charge in [0, 0.05) is 32.6 Å². The van der Waals surface area contributed by atoms with Crippen molar-refractivity contribution in [3.8, 4) is 5.75 Å². The molecule has 0 aliphatic carbocycles. The molecular formula is C33H49N5O4. The predicted octanol–water partition coefficient (Wildman–Crippen LogP) is 3.97. The van der Waals surface area contributed by atoms with Gasteiger partial charge in [0.2, 0.25) is 11.8 Å². The number of nitrogens with one attached hydrogen (secondary N) is 3. The minimum absolute atomic E-state index is 0.181. The lowest BCUT2D eigenvalue weighted by Gasteiger charge is -2.27. The van der Waals surface area contributed by atoms with Gasteiger partial charge in [-0.15, -0.1) is 0 Å². The Morgan fingerprint density at radius 3 is 2.12 bits per heavy atom. The second kappa shape index (κ2) is 17.4. The topological polar surface area (TPSA) is 103 Å². The highest BCUT2D eigenvalue weighted by Crippen LogP contribution is 2.16. The fraction of sp³-hybridized carbons (Fsp3) is 0.545. The molecule has 2 aromatic carbocycles. The van der Waals surface area contributed by atoms with Crippen molar-refractivity contribution in [2.75, 3.05) is 40.3 Å². The maximum Gasteiger partial charge on any atom is 0.318 e. The number of carbonyl (C=O) groups excluding carboxylic acids is 3. The normalized spacial score (nSPS) is 15.0.